The summed E-state index contributed by atoms with van der Waals surface area (Å²) in [5.74, 6) is 0. The van der Waals surface area contributed by atoms with Crippen molar-refractivity contribution in [2.24, 2.45) is 0 Å². The number of rotatable bonds is 1. The van der Waals surface area contributed by atoms with Crippen molar-refractivity contribution in [3.05, 3.63) is 24.5 Å². The lowest BCUT2D eigenvalue weighted by Gasteiger charge is -2.28. The summed E-state index contributed by atoms with van der Waals surface area (Å²) in [6.07, 6.45) is 7.79. The van der Waals surface area contributed by atoms with Crippen LogP contribution >= 0.6 is 12.4 Å². The molecule has 2 rings (SSSR count). The van der Waals surface area contributed by atoms with Crippen molar-refractivity contribution >= 4 is 18.1 Å². The van der Waals surface area contributed by atoms with Gasteiger partial charge in [-0.25, -0.2) is 0 Å². The highest BCUT2D eigenvalue weighted by Gasteiger charge is 2.09. The normalized spacial score (nSPS) is 16.5. The Labute approximate surface area is 85.4 Å². The van der Waals surface area contributed by atoms with E-state index in [4.69, 9.17) is 0 Å². The van der Waals surface area contributed by atoms with E-state index in [1.54, 1.807) is 0 Å². The van der Waals surface area contributed by atoms with Crippen molar-refractivity contribution in [3.63, 3.8) is 0 Å². The van der Waals surface area contributed by atoms with Crippen LogP contribution in [-0.2, 0) is 0 Å². The van der Waals surface area contributed by atoms with Gasteiger partial charge in [-0.2, -0.15) is 0 Å². The third-order valence-corrected chi connectivity index (χ3v) is 2.38. The molecule has 2 heterocycles. The number of piperidine rings is 1. The van der Waals surface area contributed by atoms with Gasteiger partial charge >= 0.3 is 0 Å². The summed E-state index contributed by atoms with van der Waals surface area (Å²) in [6, 6.07) is 4.18. The quantitative estimate of drug-likeness (QED) is 0.690. The first kappa shape index (κ1) is 10.3. The number of nitrogens with zero attached hydrogens (tertiary/aromatic N) is 2. The Morgan fingerprint density at radius 1 is 1.00 bits per heavy atom. The molecule has 0 aliphatic carbocycles. The molecule has 13 heavy (non-hydrogen) atoms. The highest BCUT2D eigenvalue weighted by molar-refractivity contribution is 5.85. The maximum atomic E-state index is 4.01. The van der Waals surface area contributed by atoms with Crippen LogP contribution in [0, 0.1) is 0 Å². The molecule has 1 aromatic heterocycles. The SMILES string of the molecule is Cl.c1cc(N2CCCCC2)ccn1. The lowest BCUT2D eigenvalue weighted by Crippen LogP contribution is -2.29. The van der Waals surface area contributed by atoms with E-state index in [9.17, 15) is 0 Å². The second-order valence-electron chi connectivity index (χ2n) is 3.25. The molecule has 2 nitrogen and oxygen atoms in total. The Kier molecular flexibility index (Phi) is 4.03. The molecular formula is C10H15ClN2. The predicted molar refractivity (Wildman–Crippen MR) is 57.5 cm³/mol. The van der Waals surface area contributed by atoms with Gasteiger partial charge in [-0.3, -0.25) is 4.98 Å². The highest BCUT2D eigenvalue weighted by Crippen LogP contribution is 2.17. The number of hydrogen-bond acceptors (Lipinski definition) is 2. The van der Waals surface area contributed by atoms with E-state index in [-0.39, 0.29) is 12.4 Å². The van der Waals surface area contributed by atoms with Gasteiger partial charge in [-0.15, -0.1) is 12.4 Å². The van der Waals surface area contributed by atoms with Crippen molar-refractivity contribution in [1.29, 1.82) is 0 Å². The Morgan fingerprint density at radius 3 is 2.23 bits per heavy atom. The van der Waals surface area contributed by atoms with Gasteiger partial charge in [-0.05, 0) is 31.4 Å². The Balaban J connectivity index is 0.000000845. The Bertz CT molecular complexity index is 232. The minimum Gasteiger partial charge on any atom is -0.371 e. The highest BCUT2D eigenvalue weighted by atomic mass is 35.5. The molecule has 0 atom stereocenters. The van der Waals surface area contributed by atoms with Gasteiger partial charge in [0.15, 0.2) is 0 Å². The van der Waals surface area contributed by atoms with Crippen LogP contribution in [0.2, 0.25) is 0 Å². The fraction of sp³-hybridized carbons (Fsp3) is 0.500. The minimum atomic E-state index is 0. The standard InChI is InChI=1S/C10H14N2.ClH/c1-2-8-12(9-3-1)10-4-6-11-7-5-10;/h4-7H,1-3,8-9H2;1H. The Hall–Kier alpha value is -0.760. The molecule has 0 unspecified atom stereocenters. The van der Waals surface area contributed by atoms with Crippen LogP contribution in [0.25, 0.3) is 0 Å². The van der Waals surface area contributed by atoms with Crippen LogP contribution in [0.1, 0.15) is 19.3 Å². The predicted octanol–water partition coefficient (Wildman–Crippen LogP) is 2.49. The van der Waals surface area contributed by atoms with Gasteiger partial charge in [0.05, 0.1) is 0 Å². The second kappa shape index (κ2) is 5.07. The summed E-state index contributed by atoms with van der Waals surface area (Å²) in [7, 11) is 0. The smallest absolute Gasteiger partial charge is 0.0397 e. The zero-order chi connectivity index (χ0) is 8.23. The molecule has 1 aliphatic rings. The van der Waals surface area contributed by atoms with Gasteiger partial charge in [-0.1, -0.05) is 0 Å². The maximum Gasteiger partial charge on any atom is 0.0397 e. The summed E-state index contributed by atoms with van der Waals surface area (Å²) in [5.41, 5.74) is 1.32. The number of aromatic nitrogens is 1. The summed E-state index contributed by atoms with van der Waals surface area (Å²) in [6.45, 7) is 2.42. The molecular weight excluding hydrogens is 184 g/mol. The van der Waals surface area contributed by atoms with Crippen molar-refractivity contribution in [3.8, 4) is 0 Å². The molecule has 0 radical (unpaired) electrons. The zero-order valence-corrected chi connectivity index (χ0v) is 8.46. The van der Waals surface area contributed by atoms with Crippen molar-refractivity contribution in [1.82, 2.24) is 4.98 Å². The van der Waals surface area contributed by atoms with Crippen molar-refractivity contribution in [2.45, 2.75) is 19.3 Å². The summed E-state index contributed by atoms with van der Waals surface area (Å²) >= 11 is 0. The lowest BCUT2D eigenvalue weighted by atomic mass is 10.1. The van der Waals surface area contributed by atoms with E-state index in [1.807, 2.05) is 12.4 Å². The van der Waals surface area contributed by atoms with E-state index in [2.05, 4.69) is 22.0 Å². The van der Waals surface area contributed by atoms with E-state index in [1.165, 1.54) is 38.0 Å². The van der Waals surface area contributed by atoms with Crippen molar-refractivity contribution in [2.75, 3.05) is 18.0 Å². The monoisotopic (exact) mass is 198 g/mol. The van der Waals surface area contributed by atoms with Gasteiger partial charge in [0.2, 0.25) is 0 Å². The van der Waals surface area contributed by atoms with E-state index in [0.717, 1.165) is 0 Å². The molecule has 0 N–H and O–H groups in total. The fourth-order valence-corrected chi connectivity index (χ4v) is 1.71. The van der Waals surface area contributed by atoms with Crippen LogP contribution < -0.4 is 4.90 Å². The van der Waals surface area contributed by atoms with Crippen LogP contribution in [0.5, 0.6) is 0 Å². The Morgan fingerprint density at radius 2 is 1.62 bits per heavy atom. The van der Waals surface area contributed by atoms with Crippen molar-refractivity contribution < 1.29 is 0 Å². The third kappa shape index (κ3) is 2.59. The fourth-order valence-electron chi connectivity index (χ4n) is 1.71. The zero-order valence-electron chi connectivity index (χ0n) is 7.65. The first-order chi connectivity index (χ1) is 5.97. The number of anilines is 1. The summed E-state index contributed by atoms with van der Waals surface area (Å²) in [4.78, 5) is 6.45. The summed E-state index contributed by atoms with van der Waals surface area (Å²) < 4.78 is 0. The molecule has 0 bridgehead atoms. The summed E-state index contributed by atoms with van der Waals surface area (Å²) in [5, 5.41) is 0. The average Bonchev–Trinajstić information content (AvgIpc) is 2.21. The van der Waals surface area contributed by atoms with Gasteiger partial charge in [0.25, 0.3) is 0 Å². The number of hydrogen-bond donors (Lipinski definition) is 0. The molecule has 1 saturated heterocycles. The maximum absolute atomic E-state index is 4.01. The molecule has 0 amide bonds. The minimum absolute atomic E-state index is 0. The lowest BCUT2D eigenvalue weighted by molar-refractivity contribution is 0.577. The van der Waals surface area contributed by atoms with Crippen LogP contribution in [-0.4, -0.2) is 18.1 Å². The number of pyridine rings is 1. The van der Waals surface area contributed by atoms with Crippen LogP contribution in [0.15, 0.2) is 24.5 Å². The molecule has 1 aromatic rings. The largest absolute Gasteiger partial charge is 0.371 e. The van der Waals surface area contributed by atoms with Gasteiger partial charge < -0.3 is 4.90 Å². The molecule has 1 aliphatic heterocycles. The van der Waals surface area contributed by atoms with E-state index >= 15 is 0 Å². The molecule has 0 spiro atoms. The van der Waals surface area contributed by atoms with E-state index < -0.39 is 0 Å². The first-order valence-corrected chi connectivity index (χ1v) is 4.62. The number of halogens is 1. The average molecular weight is 199 g/mol. The van der Waals surface area contributed by atoms with E-state index in [0.29, 0.717) is 0 Å². The van der Waals surface area contributed by atoms with Gasteiger partial charge in [0, 0.05) is 31.2 Å². The molecule has 1 fully saturated rings. The second-order valence-corrected chi connectivity index (χ2v) is 3.25. The molecule has 72 valence electrons. The first-order valence-electron chi connectivity index (χ1n) is 4.62. The van der Waals surface area contributed by atoms with Crippen LogP contribution in [0.4, 0.5) is 5.69 Å². The van der Waals surface area contributed by atoms with Crippen LogP contribution in [0.3, 0.4) is 0 Å². The third-order valence-electron chi connectivity index (χ3n) is 2.38. The molecule has 3 heteroatoms. The molecule has 0 aromatic carbocycles. The topological polar surface area (TPSA) is 16.1 Å². The molecule has 0 saturated carbocycles. The van der Waals surface area contributed by atoms with Gasteiger partial charge in [0.1, 0.15) is 0 Å².